The maximum atomic E-state index is 4.86. The van der Waals surface area contributed by atoms with Crippen LogP contribution in [0.25, 0.3) is 0 Å². The zero-order valence-electron chi connectivity index (χ0n) is 2.82. The zero-order chi connectivity index (χ0) is 3.28. The minimum absolute atomic E-state index is 1.22. The van der Waals surface area contributed by atoms with Crippen molar-refractivity contribution in [3.8, 4) is 0 Å². The van der Waals surface area contributed by atoms with Gasteiger partial charge in [0, 0.05) is 0 Å². The van der Waals surface area contributed by atoms with Crippen LogP contribution >= 0.6 is 0 Å². The molecule has 0 aromatic rings. The molecule has 1 nitrogen and oxygen atoms in total. The molecule has 0 bridgehead atoms. The minimum Gasteiger partial charge on any atom is -0.356 e. The summed E-state index contributed by atoms with van der Waals surface area (Å²) in [6, 6.07) is 0. The summed E-state index contributed by atoms with van der Waals surface area (Å²) in [4.78, 5) is 0. The van der Waals surface area contributed by atoms with Gasteiger partial charge in [-0.1, -0.05) is 0 Å². The van der Waals surface area contributed by atoms with Gasteiger partial charge < -0.3 is 4.74 Å². The highest BCUT2D eigenvalue weighted by Crippen LogP contribution is 2.55. The lowest BCUT2D eigenvalue weighted by Crippen LogP contribution is -1.89. The van der Waals surface area contributed by atoms with Crippen LogP contribution in [-0.4, -0.2) is 0 Å². The van der Waals surface area contributed by atoms with Crippen molar-refractivity contribution in [2.75, 3.05) is 0 Å². The molecule has 1 saturated heterocycles. The summed E-state index contributed by atoms with van der Waals surface area (Å²) in [5.41, 5.74) is 0. The molecule has 0 spiro atoms. The van der Waals surface area contributed by atoms with Crippen LogP contribution in [0.15, 0.2) is 0 Å². The second-order valence-corrected chi connectivity index (χ2v) is 1.45. The molecule has 1 aliphatic carbocycles. The Bertz CT molecular complexity index is 48.7. The Morgan fingerprint density at radius 2 is 1.80 bits per heavy atom. The quantitative estimate of drug-likeness (QED) is 0.384. The van der Waals surface area contributed by atoms with Crippen molar-refractivity contribution in [3.05, 3.63) is 12.2 Å². The molecule has 2 aliphatic rings. The molecule has 2 fully saturated rings. The highest BCUT2D eigenvalue weighted by atomic mass is 16.6. The van der Waals surface area contributed by atoms with Crippen molar-refractivity contribution >= 4 is 0 Å². The monoisotopic (exact) mass is 68.0 g/mol. The van der Waals surface area contributed by atoms with Gasteiger partial charge in [0.05, 0.1) is 0 Å². The number of epoxide rings is 1. The van der Waals surface area contributed by atoms with E-state index in [1.54, 1.807) is 0 Å². The predicted molar refractivity (Wildman–Crippen MR) is 16.8 cm³/mol. The maximum absolute atomic E-state index is 4.86. The van der Waals surface area contributed by atoms with E-state index in [-0.39, 0.29) is 0 Å². The standard InChI is InChI=1S/C4H4O/c1-2-4-3(1)5-4/h1-2H2. The van der Waals surface area contributed by atoms with Crippen molar-refractivity contribution in [2.24, 2.45) is 0 Å². The summed E-state index contributed by atoms with van der Waals surface area (Å²) in [5, 5.41) is 0. The van der Waals surface area contributed by atoms with Gasteiger partial charge >= 0.3 is 0 Å². The van der Waals surface area contributed by atoms with Crippen molar-refractivity contribution in [1.29, 1.82) is 0 Å². The molecule has 2 radical (unpaired) electrons. The van der Waals surface area contributed by atoms with Gasteiger partial charge in [0.2, 0.25) is 0 Å². The molecule has 1 heterocycles. The summed E-state index contributed by atoms with van der Waals surface area (Å²) in [6.07, 6.45) is 4.97. The van der Waals surface area contributed by atoms with E-state index >= 15 is 0 Å². The average Bonchev–Trinajstić information content (AvgIpc) is 1.74. The Kier molecular flexibility index (Phi) is 0.189. The normalized spacial score (nSPS) is 36.0. The maximum Gasteiger partial charge on any atom is 0.133 e. The first-order valence-corrected chi connectivity index (χ1v) is 1.87. The third kappa shape index (κ3) is 0.127. The fourth-order valence-electron chi connectivity index (χ4n) is 0.554. The lowest BCUT2D eigenvalue weighted by molar-refractivity contribution is 0.499. The lowest BCUT2D eigenvalue weighted by atomic mass is 10.0. The molecule has 0 aromatic heterocycles. The molecule has 1 heteroatoms. The molecule has 1 aliphatic heterocycles. The number of fused-ring (bicyclic) bond motifs is 1. The number of rotatable bonds is 0. The van der Waals surface area contributed by atoms with Crippen LogP contribution in [0.1, 0.15) is 12.8 Å². The third-order valence-corrected chi connectivity index (χ3v) is 1.09. The summed E-state index contributed by atoms with van der Waals surface area (Å²) in [5.74, 6) is 0. The van der Waals surface area contributed by atoms with E-state index in [0.717, 1.165) is 0 Å². The molecule has 1 saturated carbocycles. The molecule has 2 rings (SSSR count). The van der Waals surface area contributed by atoms with Crippen LogP contribution in [0.2, 0.25) is 0 Å². The first-order valence-electron chi connectivity index (χ1n) is 1.87. The van der Waals surface area contributed by atoms with E-state index in [1.807, 2.05) is 0 Å². The summed E-state index contributed by atoms with van der Waals surface area (Å²) >= 11 is 0. The van der Waals surface area contributed by atoms with Crippen LogP contribution in [0.3, 0.4) is 0 Å². The van der Waals surface area contributed by atoms with Crippen molar-refractivity contribution < 1.29 is 4.74 Å². The van der Waals surface area contributed by atoms with E-state index in [9.17, 15) is 0 Å². The van der Waals surface area contributed by atoms with Gasteiger partial charge in [-0.25, -0.2) is 0 Å². The van der Waals surface area contributed by atoms with Gasteiger partial charge in [-0.05, 0) is 12.8 Å². The predicted octanol–water partition coefficient (Wildman–Crippen LogP) is 0.874. The fourth-order valence-corrected chi connectivity index (χ4v) is 0.554. The van der Waals surface area contributed by atoms with Gasteiger partial charge in [-0.15, -0.1) is 0 Å². The SMILES string of the molecule is C1C[C]2O[C]12. The Morgan fingerprint density at radius 3 is 1.80 bits per heavy atom. The van der Waals surface area contributed by atoms with Crippen molar-refractivity contribution in [3.63, 3.8) is 0 Å². The second-order valence-electron chi connectivity index (χ2n) is 1.45. The van der Waals surface area contributed by atoms with E-state index in [1.165, 1.54) is 25.0 Å². The van der Waals surface area contributed by atoms with Gasteiger partial charge in [0.1, 0.15) is 12.2 Å². The van der Waals surface area contributed by atoms with E-state index in [4.69, 9.17) is 4.74 Å². The Hall–Kier alpha value is -0.0400. The summed E-state index contributed by atoms with van der Waals surface area (Å²) in [7, 11) is 0. The Labute approximate surface area is 30.9 Å². The Morgan fingerprint density at radius 1 is 1.20 bits per heavy atom. The van der Waals surface area contributed by atoms with Gasteiger partial charge in [0.25, 0.3) is 0 Å². The van der Waals surface area contributed by atoms with Crippen LogP contribution in [-0.2, 0) is 4.74 Å². The zero-order valence-corrected chi connectivity index (χ0v) is 2.82. The minimum atomic E-state index is 1.22. The molecule has 0 atom stereocenters. The van der Waals surface area contributed by atoms with Crippen LogP contribution in [0, 0.1) is 12.2 Å². The smallest absolute Gasteiger partial charge is 0.133 e. The highest BCUT2D eigenvalue weighted by molar-refractivity contribution is 5.28. The van der Waals surface area contributed by atoms with E-state index < -0.39 is 0 Å². The number of hydrogen-bond acceptors (Lipinski definition) is 1. The molecule has 0 unspecified atom stereocenters. The third-order valence-electron chi connectivity index (χ3n) is 1.09. The molecule has 5 heavy (non-hydrogen) atoms. The first kappa shape index (κ1) is 2.19. The average molecular weight is 68.1 g/mol. The fraction of sp³-hybridized carbons (Fsp3) is 0.500. The summed E-state index contributed by atoms with van der Waals surface area (Å²) < 4.78 is 4.86. The van der Waals surface area contributed by atoms with Crippen LogP contribution in [0.5, 0.6) is 0 Å². The second kappa shape index (κ2) is 0.432. The highest BCUT2D eigenvalue weighted by Gasteiger charge is 2.50. The van der Waals surface area contributed by atoms with E-state index in [2.05, 4.69) is 0 Å². The molecular formula is C4H4O. The number of hydrogen-bond donors (Lipinski definition) is 0. The molecule has 0 N–H and O–H groups in total. The van der Waals surface area contributed by atoms with Gasteiger partial charge in [-0.3, -0.25) is 0 Å². The van der Waals surface area contributed by atoms with Crippen molar-refractivity contribution in [1.82, 2.24) is 0 Å². The van der Waals surface area contributed by atoms with Crippen LogP contribution < -0.4 is 0 Å². The number of ether oxygens (including phenoxy) is 1. The van der Waals surface area contributed by atoms with E-state index in [0.29, 0.717) is 0 Å². The first-order chi connectivity index (χ1) is 2.47. The van der Waals surface area contributed by atoms with Crippen molar-refractivity contribution in [2.45, 2.75) is 12.8 Å². The molecule has 0 aromatic carbocycles. The van der Waals surface area contributed by atoms with Gasteiger partial charge in [0.15, 0.2) is 0 Å². The largest absolute Gasteiger partial charge is 0.356 e. The topological polar surface area (TPSA) is 12.5 Å². The van der Waals surface area contributed by atoms with Crippen LogP contribution in [0.4, 0.5) is 0 Å². The van der Waals surface area contributed by atoms with Gasteiger partial charge in [-0.2, -0.15) is 0 Å². The molecule has 0 amide bonds. The summed E-state index contributed by atoms with van der Waals surface area (Å²) in [6.45, 7) is 0. The Balaban J connectivity index is 2.19. The molecular weight excluding hydrogens is 64.0 g/mol. The molecule has 26 valence electrons. The lowest BCUT2D eigenvalue weighted by Gasteiger charge is -1.94.